The number of hydrogen-bond donors (Lipinski definition) is 1. The van der Waals surface area contributed by atoms with E-state index in [-0.39, 0.29) is 23.6 Å². The van der Waals surface area contributed by atoms with Crippen LogP contribution in [0, 0.1) is 24.0 Å². The summed E-state index contributed by atoms with van der Waals surface area (Å²) in [5.74, 6) is -0.958. The first-order valence-electron chi connectivity index (χ1n) is 8.16. The number of nitrogens with one attached hydrogen (secondary N) is 1. The van der Waals surface area contributed by atoms with E-state index in [1.54, 1.807) is 12.1 Å². The van der Waals surface area contributed by atoms with Crippen molar-refractivity contribution in [3.05, 3.63) is 44.7 Å². The molecule has 0 bridgehead atoms. The van der Waals surface area contributed by atoms with Crippen molar-refractivity contribution in [1.82, 2.24) is 9.78 Å². The fourth-order valence-electron chi connectivity index (χ4n) is 2.53. The van der Waals surface area contributed by atoms with Crippen LogP contribution in [0.15, 0.2) is 18.2 Å². The summed E-state index contributed by atoms with van der Waals surface area (Å²) in [5, 5.41) is 18.0. The lowest BCUT2D eigenvalue weighted by molar-refractivity contribution is -0.386. The van der Waals surface area contributed by atoms with Crippen molar-refractivity contribution < 1.29 is 24.0 Å². The van der Waals surface area contributed by atoms with Crippen LogP contribution in [0.3, 0.4) is 0 Å². The number of carbonyl (C=O) groups excluding carboxylic acids is 2. The molecular formula is C17H19ClN4O6. The molecule has 1 N–H and O–H groups in total. The van der Waals surface area contributed by atoms with E-state index in [9.17, 15) is 19.7 Å². The molecule has 0 spiro atoms. The molecule has 1 atom stereocenters. The normalized spacial score (nSPS) is 11.6. The van der Waals surface area contributed by atoms with E-state index in [0.29, 0.717) is 16.5 Å². The van der Waals surface area contributed by atoms with Gasteiger partial charge in [-0.3, -0.25) is 24.4 Å². The van der Waals surface area contributed by atoms with Crippen LogP contribution >= 0.6 is 11.6 Å². The van der Waals surface area contributed by atoms with Crippen LogP contribution in [0.5, 0.6) is 5.75 Å². The predicted molar refractivity (Wildman–Crippen MR) is 101 cm³/mol. The Labute approximate surface area is 165 Å². The maximum atomic E-state index is 12.3. The van der Waals surface area contributed by atoms with Crippen LogP contribution in [0.1, 0.15) is 18.3 Å². The lowest BCUT2D eigenvalue weighted by Crippen LogP contribution is -2.31. The lowest BCUT2D eigenvalue weighted by atomic mass is 10.2. The number of anilines is 1. The Bertz CT molecular complexity index is 927. The number of aromatic nitrogens is 2. The highest BCUT2D eigenvalue weighted by Gasteiger charge is 2.25. The van der Waals surface area contributed by atoms with E-state index in [1.165, 1.54) is 38.6 Å². The molecule has 0 aliphatic heterocycles. The molecule has 2 rings (SSSR count). The molecule has 1 aromatic heterocycles. The Balaban J connectivity index is 2.03. The topological polar surface area (TPSA) is 126 Å². The quantitative estimate of drug-likeness (QED) is 0.422. The van der Waals surface area contributed by atoms with Crippen LogP contribution in [-0.2, 0) is 20.9 Å². The molecule has 11 heteroatoms. The minimum atomic E-state index is -1.12. The molecule has 10 nitrogen and oxygen atoms in total. The van der Waals surface area contributed by atoms with Gasteiger partial charge in [-0.2, -0.15) is 5.10 Å². The zero-order chi connectivity index (χ0) is 21.0. The van der Waals surface area contributed by atoms with Gasteiger partial charge in [0.05, 0.1) is 17.7 Å². The summed E-state index contributed by atoms with van der Waals surface area (Å²) in [6.45, 7) is 3.99. The molecule has 0 unspecified atom stereocenters. The van der Waals surface area contributed by atoms with Crippen molar-refractivity contribution in [3.8, 4) is 5.75 Å². The third kappa shape index (κ3) is 4.77. The summed E-state index contributed by atoms with van der Waals surface area (Å²) in [6, 6.07) is 4.69. The molecule has 150 valence electrons. The van der Waals surface area contributed by atoms with Crippen LogP contribution in [0.25, 0.3) is 0 Å². The highest BCUT2D eigenvalue weighted by atomic mass is 35.5. The standard InChI is InChI=1S/C17H19ClN4O6/c1-9-16(22(25)26)10(2)21(20-9)8-15(23)28-11(3)17(24)19-13-7-12(18)5-6-14(13)27-4/h5-7,11H,8H2,1-4H3,(H,19,24)/t11-/m0/s1. The molecule has 0 radical (unpaired) electrons. The average Bonchev–Trinajstić information content (AvgIpc) is 2.88. The Kier molecular flexibility index (Phi) is 6.57. The number of rotatable bonds is 7. The molecule has 28 heavy (non-hydrogen) atoms. The number of esters is 1. The maximum absolute atomic E-state index is 12.3. The third-order valence-corrected chi connectivity index (χ3v) is 4.14. The second-order valence-electron chi connectivity index (χ2n) is 5.90. The van der Waals surface area contributed by atoms with E-state index in [2.05, 4.69) is 10.4 Å². The van der Waals surface area contributed by atoms with Crippen LogP contribution in [0.4, 0.5) is 11.4 Å². The molecule has 0 aliphatic carbocycles. The molecule has 1 aromatic carbocycles. The fourth-order valence-corrected chi connectivity index (χ4v) is 2.70. The van der Waals surface area contributed by atoms with Crippen molar-refractivity contribution in [2.45, 2.75) is 33.4 Å². The SMILES string of the molecule is COc1ccc(Cl)cc1NC(=O)[C@H](C)OC(=O)Cn1nc(C)c([N+](=O)[O-])c1C. The fraction of sp³-hybridized carbons (Fsp3) is 0.353. The Morgan fingerprint density at radius 2 is 2.07 bits per heavy atom. The van der Waals surface area contributed by atoms with Crippen LogP contribution in [-0.4, -0.2) is 39.8 Å². The van der Waals surface area contributed by atoms with Gasteiger partial charge < -0.3 is 14.8 Å². The number of carbonyl (C=O) groups is 2. The van der Waals surface area contributed by atoms with Crippen molar-refractivity contribution >= 4 is 34.9 Å². The maximum Gasteiger partial charge on any atom is 0.328 e. The lowest BCUT2D eigenvalue weighted by Gasteiger charge is -2.15. The molecule has 1 amide bonds. The van der Waals surface area contributed by atoms with Gasteiger partial charge in [-0.05, 0) is 39.0 Å². The van der Waals surface area contributed by atoms with Crippen molar-refractivity contribution in [1.29, 1.82) is 0 Å². The number of amides is 1. The summed E-state index contributed by atoms with van der Waals surface area (Å²) >= 11 is 5.91. The Morgan fingerprint density at radius 1 is 1.39 bits per heavy atom. The number of aryl methyl sites for hydroxylation is 1. The van der Waals surface area contributed by atoms with Crippen LogP contribution in [0.2, 0.25) is 5.02 Å². The molecule has 2 aromatic rings. The molecule has 1 heterocycles. The van der Waals surface area contributed by atoms with Gasteiger partial charge in [0.2, 0.25) is 0 Å². The molecule has 0 fully saturated rings. The number of halogens is 1. The number of nitro groups is 1. The molecule has 0 aliphatic rings. The smallest absolute Gasteiger partial charge is 0.328 e. The molecular weight excluding hydrogens is 392 g/mol. The monoisotopic (exact) mass is 410 g/mol. The van der Waals surface area contributed by atoms with E-state index < -0.39 is 22.9 Å². The summed E-state index contributed by atoms with van der Waals surface area (Å²) < 4.78 is 11.4. The average molecular weight is 411 g/mol. The van der Waals surface area contributed by atoms with Gasteiger partial charge in [0, 0.05) is 5.02 Å². The van der Waals surface area contributed by atoms with Crippen molar-refractivity contribution in [2.75, 3.05) is 12.4 Å². The second kappa shape index (κ2) is 8.70. The first-order valence-corrected chi connectivity index (χ1v) is 8.54. The second-order valence-corrected chi connectivity index (χ2v) is 6.34. The molecule has 0 saturated carbocycles. The minimum absolute atomic E-state index is 0.161. The van der Waals surface area contributed by atoms with E-state index in [4.69, 9.17) is 21.1 Å². The van der Waals surface area contributed by atoms with Crippen LogP contribution < -0.4 is 10.1 Å². The summed E-state index contributed by atoms with van der Waals surface area (Å²) in [5.41, 5.74) is 0.582. The van der Waals surface area contributed by atoms with Gasteiger partial charge in [0.15, 0.2) is 6.10 Å². The number of hydrogen-bond acceptors (Lipinski definition) is 7. The van der Waals surface area contributed by atoms with Gasteiger partial charge in [0.1, 0.15) is 23.7 Å². The zero-order valence-corrected chi connectivity index (χ0v) is 16.4. The van der Waals surface area contributed by atoms with Crippen molar-refractivity contribution in [3.63, 3.8) is 0 Å². The van der Waals surface area contributed by atoms with Gasteiger partial charge in [-0.15, -0.1) is 0 Å². The number of benzene rings is 1. The first kappa shape index (κ1) is 21.2. The summed E-state index contributed by atoms with van der Waals surface area (Å²) in [4.78, 5) is 34.9. The highest BCUT2D eigenvalue weighted by molar-refractivity contribution is 6.31. The van der Waals surface area contributed by atoms with Gasteiger partial charge in [-0.25, -0.2) is 0 Å². The summed E-state index contributed by atoms with van der Waals surface area (Å²) in [6.07, 6.45) is -1.12. The highest BCUT2D eigenvalue weighted by Crippen LogP contribution is 2.28. The van der Waals surface area contributed by atoms with E-state index in [1.807, 2.05) is 0 Å². The predicted octanol–water partition coefficient (Wildman–Crippen LogP) is 2.64. The molecule has 0 saturated heterocycles. The number of ether oxygens (including phenoxy) is 2. The number of methoxy groups -OCH3 is 1. The van der Waals surface area contributed by atoms with E-state index >= 15 is 0 Å². The summed E-state index contributed by atoms with van der Waals surface area (Å²) in [7, 11) is 1.44. The van der Waals surface area contributed by atoms with E-state index in [0.717, 1.165) is 0 Å². The zero-order valence-electron chi connectivity index (χ0n) is 15.7. The number of nitrogens with zero attached hydrogens (tertiary/aromatic N) is 3. The Morgan fingerprint density at radius 3 is 2.64 bits per heavy atom. The third-order valence-electron chi connectivity index (χ3n) is 3.90. The minimum Gasteiger partial charge on any atom is -0.495 e. The van der Waals surface area contributed by atoms with Gasteiger partial charge >= 0.3 is 11.7 Å². The Hall–Kier alpha value is -3.14. The van der Waals surface area contributed by atoms with Crippen molar-refractivity contribution in [2.24, 2.45) is 0 Å². The van der Waals surface area contributed by atoms with Gasteiger partial charge in [0.25, 0.3) is 5.91 Å². The first-order chi connectivity index (χ1) is 13.1. The van der Waals surface area contributed by atoms with Gasteiger partial charge in [-0.1, -0.05) is 11.6 Å². The largest absolute Gasteiger partial charge is 0.495 e.